The predicted molar refractivity (Wildman–Crippen MR) is 106 cm³/mol. The van der Waals surface area contributed by atoms with Crippen molar-refractivity contribution in [3.05, 3.63) is 51.9 Å². The van der Waals surface area contributed by atoms with Gasteiger partial charge < -0.3 is 0 Å². The third kappa shape index (κ3) is 5.28. The molecule has 0 saturated heterocycles. The van der Waals surface area contributed by atoms with Crippen LogP contribution in [0.3, 0.4) is 0 Å². The summed E-state index contributed by atoms with van der Waals surface area (Å²) in [6.45, 7) is 0.284. The van der Waals surface area contributed by atoms with Gasteiger partial charge in [-0.25, -0.2) is 9.80 Å². The number of thiophene rings is 1. The molecular weight excluding hydrogens is 425 g/mol. The Hall–Kier alpha value is -2.57. The van der Waals surface area contributed by atoms with Crippen LogP contribution in [0.4, 0.5) is 23.0 Å². The zero-order chi connectivity index (χ0) is 21.0. The van der Waals surface area contributed by atoms with Crippen LogP contribution in [0.2, 0.25) is 5.02 Å². The van der Waals surface area contributed by atoms with Crippen LogP contribution in [0.15, 0.2) is 40.8 Å². The summed E-state index contributed by atoms with van der Waals surface area (Å²) in [5.74, 6) is -0.0793. The van der Waals surface area contributed by atoms with Gasteiger partial charge in [0.2, 0.25) is 0 Å². The number of anilines is 1. The number of hydrazone groups is 1. The number of carbonyl (C=O) groups is 1. The van der Waals surface area contributed by atoms with E-state index in [0.29, 0.717) is 30.0 Å². The fourth-order valence-corrected chi connectivity index (χ4v) is 3.89. The maximum absolute atomic E-state index is 12.7. The van der Waals surface area contributed by atoms with Crippen molar-refractivity contribution >= 4 is 39.7 Å². The molecule has 5 nitrogen and oxygen atoms in total. The van der Waals surface area contributed by atoms with Gasteiger partial charge in [-0.1, -0.05) is 23.7 Å². The molecule has 1 aromatic carbocycles. The Balaban J connectivity index is 1.76. The molecule has 2 amide bonds. The minimum absolute atomic E-state index is 0.0793. The number of halogens is 4. The number of alkyl halides is 3. The van der Waals surface area contributed by atoms with Crippen LogP contribution < -0.4 is 5.32 Å². The van der Waals surface area contributed by atoms with Crippen molar-refractivity contribution in [1.29, 1.82) is 5.26 Å². The van der Waals surface area contributed by atoms with Gasteiger partial charge >= 0.3 is 12.2 Å². The van der Waals surface area contributed by atoms with Gasteiger partial charge in [0.15, 0.2) is 0 Å². The summed E-state index contributed by atoms with van der Waals surface area (Å²) in [5, 5.41) is 18.5. The third-order valence-electron chi connectivity index (χ3n) is 4.38. The average molecular weight is 441 g/mol. The summed E-state index contributed by atoms with van der Waals surface area (Å²) in [4.78, 5) is 12.5. The van der Waals surface area contributed by atoms with Gasteiger partial charge in [-0.05, 0) is 36.6 Å². The van der Waals surface area contributed by atoms with Gasteiger partial charge in [0, 0.05) is 22.7 Å². The van der Waals surface area contributed by atoms with Crippen molar-refractivity contribution in [2.75, 3.05) is 11.9 Å². The molecule has 0 radical (unpaired) electrons. The minimum Gasteiger partial charge on any atom is -0.298 e. The molecule has 2 heterocycles. The SMILES string of the molecule is N#CCCCC1CN(C(=O)Nc2cc(C(F)(F)F)cs2)N=C1c1ccc(Cl)cc1. The van der Waals surface area contributed by atoms with Crippen LogP contribution >= 0.6 is 22.9 Å². The zero-order valence-electron chi connectivity index (χ0n) is 15.0. The maximum Gasteiger partial charge on any atom is 0.417 e. The molecule has 0 aliphatic carbocycles. The van der Waals surface area contributed by atoms with Gasteiger partial charge in [-0.15, -0.1) is 11.3 Å². The van der Waals surface area contributed by atoms with Crippen molar-refractivity contribution in [2.24, 2.45) is 11.0 Å². The summed E-state index contributed by atoms with van der Waals surface area (Å²) >= 11 is 6.73. The Kier molecular flexibility index (Phi) is 6.45. The lowest BCUT2D eigenvalue weighted by Gasteiger charge is -2.14. The van der Waals surface area contributed by atoms with Crippen molar-refractivity contribution in [3.63, 3.8) is 0 Å². The molecule has 152 valence electrons. The van der Waals surface area contributed by atoms with Gasteiger partial charge in [0.1, 0.15) is 0 Å². The molecule has 3 rings (SSSR count). The van der Waals surface area contributed by atoms with Crippen LogP contribution in [-0.4, -0.2) is 23.3 Å². The number of rotatable bonds is 5. The monoisotopic (exact) mass is 440 g/mol. The van der Waals surface area contributed by atoms with Crippen LogP contribution in [0.1, 0.15) is 30.4 Å². The van der Waals surface area contributed by atoms with E-state index in [2.05, 4.69) is 16.5 Å². The fraction of sp³-hybridized carbons (Fsp3) is 0.316. The molecule has 1 aliphatic heterocycles. The highest BCUT2D eigenvalue weighted by Crippen LogP contribution is 2.35. The Morgan fingerprint density at radius 3 is 2.72 bits per heavy atom. The van der Waals surface area contributed by atoms with E-state index >= 15 is 0 Å². The molecule has 1 N–H and O–H groups in total. The molecule has 0 bridgehead atoms. The largest absolute Gasteiger partial charge is 0.417 e. The van der Waals surface area contributed by atoms with Gasteiger partial charge in [0.25, 0.3) is 0 Å². The third-order valence-corrected chi connectivity index (χ3v) is 5.48. The lowest BCUT2D eigenvalue weighted by Crippen LogP contribution is -2.30. The molecule has 10 heteroatoms. The van der Waals surface area contributed by atoms with E-state index in [4.69, 9.17) is 16.9 Å². The number of nitriles is 1. The zero-order valence-corrected chi connectivity index (χ0v) is 16.6. The van der Waals surface area contributed by atoms with E-state index < -0.39 is 17.8 Å². The number of hydrogen-bond acceptors (Lipinski definition) is 4. The standard InChI is InChI=1S/C19H16ClF3N4OS/c20-15-6-4-12(5-7-15)17-13(3-1-2-8-24)10-27(26-17)18(28)25-16-9-14(11-29-16)19(21,22)23/h4-7,9,11,13H,1-3,10H2,(H,25,28). The van der Waals surface area contributed by atoms with E-state index in [1.807, 2.05) is 0 Å². The summed E-state index contributed by atoms with van der Waals surface area (Å²) in [5.41, 5.74) is 0.693. The fourth-order valence-electron chi connectivity index (χ4n) is 2.97. The Morgan fingerprint density at radius 1 is 1.38 bits per heavy atom. The van der Waals surface area contributed by atoms with E-state index in [9.17, 15) is 18.0 Å². The molecule has 1 unspecified atom stereocenters. The second kappa shape index (κ2) is 8.84. The molecule has 29 heavy (non-hydrogen) atoms. The number of nitrogens with one attached hydrogen (secondary N) is 1. The topological polar surface area (TPSA) is 68.5 Å². The van der Waals surface area contributed by atoms with Crippen molar-refractivity contribution < 1.29 is 18.0 Å². The lowest BCUT2D eigenvalue weighted by atomic mass is 9.93. The average Bonchev–Trinajstić information content (AvgIpc) is 3.30. The molecular formula is C19H16ClF3N4OS. The molecule has 1 aromatic heterocycles. The number of hydrogen-bond donors (Lipinski definition) is 1. The summed E-state index contributed by atoms with van der Waals surface area (Å²) in [6.07, 6.45) is -2.75. The molecule has 2 aromatic rings. The quantitative estimate of drug-likeness (QED) is 0.581. The summed E-state index contributed by atoms with van der Waals surface area (Å²) in [6, 6.07) is 9.43. The number of unbranched alkanes of at least 4 members (excludes halogenated alkanes) is 1. The minimum atomic E-state index is -4.46. The van der Waals surface area contributed by atoms with E-state index in [0.717, 1.165) is 28.3 Å². The molecule has 0 spiro atoms. The Morgan fingerprint density at radius 2 is 2.10 bits per heavy atom. The van der Waals surface area contributed by atoms with Crippen LogP contribution in [0.25, 0.3) is 0 Å². The van der Waals surface area contributed by atoms with Gasteiger partial charge in [0.05, 0.1) is 28.9 Å². The first-order valence-electron chi connectivity index (χ1n) is 8.73. The number of benzene rings is 1. The highest BCUT2D eigenvalue weighted by Gasteiger charge is 2.33. The Bertz CT molecular complexity index is 950. The Labute approximate surface area is 174 Å². The van der Waals surface area contributed by atoms with Crippen LogP contribution in [0.5, 0.6) is 0 Å². The van der Waals surface area contributed by atoms with E-state index in [-0.39, 0.29) is 17.5 Å². The second-order valence-electron chi connectivity index (χ2n) is 6.45. The predicted octanol–water partition coefficient (Wildman–Crippen LogP) is 5.98. The van der Waals surface area contributed by atoms with Gasteiger partial charge in [-0.2, -0.15) is 23.5 Å². The molecule has 1 atom stereocenters. The number of urea groups is 1. The van der Waals surface area contributed by atoms with Crippen molar-refractivity contribution in [2.45, 2.75) is 25.4 Å². The first kappa shape index (κ1) is 21.1. The normalized spacial score (nSPS) is 16.4. The number of carbonyl (C=O) groups excluding carboxylic acids is 1. The maximum atomic E-state index is 12.7. The van der Waals surface area contributed by atoms with Crippen LogP contribution in [0, 0.1) is 17.2 Å². The summed E-state index contributed by atoms with van der Waals surface area (Å²) in [7, 11) is 0. The first-order valence-corrected chi connectivity index (χ1v) is 9.99. The second-order valence-corrected chi connectivity index (χ2v) is 7.80. The van der Waals surface area contributed by atoms with Crippen molar-refractivity contribution in [3.8, 4) is 6.07 Å². The summed E-state index contributed by atoms with van der Waals surface area (Å²) < 4.78 is 38.2. The number of nitrogens with zero attached hydrogens (tertiary/aromatic N) is 3. The van der Waals surface area contributed by atoms with Crippen molar-refractivity contribution in [1.82, 2.24) is 5.01 Å². The highest BCUT2D eigenvalue weighted by molar-refractivity contribution is 7.14. The first-order chi connectivity index (χ1) is 13.8. The number of amides is 2. The molecule has 1 aliphatic rings. The smallest absolute Gasteiger partial charge is 0.298 e. The lowest BCUT2D eigenvalue weighted by molar-refractivity contribution is -0.137. The van der Waals surface area contributed by atoms with Crippen LogP contribution in [-0.2, 0) is 6.18 Å². The van der Waals surface area contributed by atoms with Gasteiger partial charge in [-0.3, -0.25) is 5.32 Å². The molecule has 0 saturated carbocycles. The van der Waals surface area contributed by atoms with E-state index in [1.54, 1.807) is 24.3 Å². The molecule has 0 fully saturated rings. The highest BCUT2D eigenvalue weighted by atomic mass is 35.5. The van der Waals surface area contributed by atoms with E-state index in [1.165, 1.54) is 5.01 Å².